The number of aromatic nitrogens is 2. The lowest BCUT2D eigenvalue weighted by molar-refractivity contribution is 0.794. The molecule has 0 amide bonds. The number of aryl methyl sites for hydroxylation is 1. The van der Waals surface area contributed by atoms with E-state index >= 15 is 0 Å². The molecule has 0 unspecified atom stereocenters. The van der Waals surface area contributed by atoms with Crippen molar-refractivity contribution in [2.45, 2.75) is 26.7 Å². The second-order valence-electron chi connectivity index (χ2n) is 3.88. The fourth-order valence-electron chi connectivity index (χ4n) is 1.94. The number of nitrogen functional groups attached to an aromatic ring is 1. The maximum atomic E-state index is 6.19. The van der Waals surface area contributed by atoms with E-state index in [4.69, 9.17) is 17.3 Å². The summed E-state index contributed by atoms with van der Waals surface area (Å²) in [5.41, 5.74) is 9.71. The Morgan fingerprint density at radius 1 is 1.24 bits per heavy atom. The van der Waals surface area contributed by atoms with Gasteiger partial charge in [-0.3, -0.25) is 0 Å². The highest BCUT2D eigenvalue weighted by Gasteiger charge is 2.15. The molecule has 1 aromatic heterocycles. The number of rotatable bonds is 3. The van der Waals surface area contributed by atoms with E-state index < -0.39 is 0 Å². The number of anilines is 1. The van der Waals surface area contributed by atoms with Crippen LogP contribution in [0.1, 0.15) is 25.2 Å². The molecule has 0 radical (unpaired) electrons. The maximum Gasteiger partial charge on any atom is 0.0858 e. The molecule has 90 valence electrons. The highest BCUT2D eigenvalue weighted by atomic mass is 35.5. The Labute approximate surface area is 106 Å². The zero-order chi connectivity index (χ0) is 12.4. The van der Waals surface area contributed by atoms with Crippen molar-refractivity contribution in [2.24, 2.45) is 0 Å². The Morgan fingerprint density at radius 2 is 1.94 bits per heavy atom. The summed E-state index contributed by atoms with van der Waals surface area (Å²) in [6.45, 7) is 4.12. The molecule has 0 saturated carbocycles. The van der Waals surface area contributed by atoms with Crippen LogP contribution in [0.5, 0.6) is 0 Å². The van der Waals surface area contributed by atoms with E-state index in [2.05, 4.69) is 18.9 Å². The van der Waals surface area contributed by atoms with Gasteiger partial charge < -0.3 is 5.73 Å². The zero-order valence-electron chi connectivity index (χ0n) is 10.1. The monoisotopic (exact) mass is 249 g/mol. The normalized spacial score (nSPS) is 10.8. The smallest absolute Gasteiger partial charge is 0.0858 e. The number of hydrogen-bond donors (Lipinski definition) is 1. The van der Waals surface area contributed by atoms with Gasteiger partial charge >= 0.3 is 0 Å². The first-order chi connectivity index (χ1) is 8.19. The van der Waals surface area contributed by atoms with Gasteiger partial charge in [-0.15, -0.1) is 0 Å². The highest BCUT2D eigenvalue weighted by molar-refractivity contribution is 6.32. The number of benzene rings is 1. The van der Waals surface area contributed by atoms with Gasteiger partial charge in [0.05, 0.1) is 27.8 Å². The van der Waals surface area contributed by atoms with E-state index in [9.17, 15) is 0 Å². The first-order valence-electron chi connectivity index (χ1n) is 5.80. The van der Waals surface area contributed by atoms with Gasteiger partial charge in [-0.2, -0.15) is 5.10 Å². The van der Waals surface area contributed by atoms with Gasteiger partial charge in [-0.25, -0.2) is 4.68 Å². The predicted molar refractivity (Wildman–Crippen MR) is 71.7 cm³/mol. The lowest BCUT2D eigenvalue weighted by Crippen LogP contribution is -2.03. The van der Waals surface area contributed by atoms with Crippen LogP contribution in [0.3, 0.4) is 0 Å². The Balaban J connectivity index is 2.63. The van der Waals surface area contributed by atoms with Crippen LogP contribution in [0.2, 0.25) is 5.02 Å². The average molecular weight is 250 g/mol. The molecule has 0 atom stereocenters. The minimum absolute atomic E-state index is 0.687. The molecule has 1 aromatic carbocycles. The quantitative estimate of drug-likeness (QED) is 0.908. The van der Waals surface area contributed by atoms with Crippen molar-refractivity contribution >= 4 is 17.3 Å². The number of nitrogens with two attached hydrogens (primary N) is 1. The van der Waals surface area contributed by atoms with Gasteiger partial charge in [0.15, 0.2) is 0 Å². The van der Waals surface area contributed by atoms with Gasteiger partial charge in [0.2, 0.25) is 0 Å². The van der Waals surface area contributed by atoms with Crippen molar-refractivity contribution in [3.8, 4) is 5.69 Å². The number of nitrogens with zero attached hydrogens (tertiary/aromatic N) is 2. The molecule has 0 aliphatic carbocycles. The maximum absolute atomic E-state index is 6.19. The molecule has 0 aliphatic rings. The first-order valence-corrected chi connectivity index (χ1v) is 6.18. The van der Waals surface area contributed by atoms with Gasteiger partial charge in [-0.1, -0.05) is 37.6 Å². The molecule has 2 rings (SSSR count). The fourth-order valence-corrected chi connectivity index (χ4v) is 2.16. The Kier molecular flexibility index (Phi) is 3.38. The molecule has 17 heavy (non-hydrogen) atoms. The molecule has 1 heterocycles. The van der Waals surface area contributed by atoms with Gasteiger partial charge in [-0.05, 0) is 25.0 Å². The van der Waals surface area contributed by atoms with Crippen molar-refractivity contribution in [3.63, 3.8) is 0 Å². The summed E-state index contributed by atoms with van der Waals surface area (Å²) in [6, 6.07) is 7.67. The van der Waals surface area contributed by atoms with Crippen LogP contribution < -0.4 is 5.73 Å². The van der Waals surface area contributed by atoms with Crippen molar-refractivity contribution in [1.82, 2.24) is 9.78 Å². The minimum atomic E-state index is 0.687. The van der Waals surface area contributed by atoms with Crippen LogP contribution in [0.25, 0.3) is 5.69 Å². The SMILES string of the molecule is CCc1nn(-c2ccccc2Cl)c(CC)c1N. The summed E-state index contributed by atoms with van der Waals surface area (Å²) >= 11 is 6.19. The number of para-hydroxylation sites is 1. The van der Waals surface area contributed by atoms with E-state index in [-0.39, 0.29) is 0 Å². The second-order valence-corrected chi connectivity index (χ2v) is 4.28. The minimum Gasteiger partial charge on any atom is -0.396 e. The summed E-state index contributed by atoms with van der Waals surface area (Å²) in [5, 5.41) is 5.22. The lowest BCUT2D eigenvalue weighted by Gasteiger charge is -2.07. The number of hydrogen-bond acceptors (Lipinski definition) is 2. The molecular weight excluding hydrogens is 234 g/mol. The van der Waals surface area contributed by atoms with Crippen molar-refractivity contribution in [2.75, 3.05) is 5.73 Å². The third kappa shape index (κ3) is 2.03. The molecule has 2 N–H and O–H groups in total. The van der Waals surface area contributed by atoms with Crippen LogP contribution in [-0.2, 0) is 12.8 Å². The van der Waals surface area contributed by atoms with Crippen LogP contribution in [0.4, 0.5) is 5.69 Å². The fraction of sp³-hybridized carbons (Fsp3) is 0.308. The molecule has 3 nitrogen and oxygen atoms in total. The van der Waals surface area contributed by atoms with E-state index in [1.165, 1.54) is 0 Å². The zero-order valence-corrected chi connectivity index (χ0v) is 10.8. The van der Waals surface area contributed by atoms with Crippen molar-refractivity contribution in [1.29, 1.82) is 0 Å². The molecule has 0 fully saturated rings. The Bertz CT molecular complexity index is 531. The first kappa shape index (κ1) is 12.0. The molecule has 0 bridgehead atoms. The van der Waals surface area contributed by atoms with E-state index in [1.807, 2.05) is 28.9 Å². The Morgan fingerprint density at radius 3 is 2.53 bits per heavy atom. The largest absolute Gasteiger partial charge is 0.396 e. The topological polar surface area (TPSA) is 43.8 Å². The van der Waals surface area contributed by atoms with E-state index in [1.54, 1.807) is 0 Å². The van der Waals surface area contributed by atoms with Crippen molar-refractivity contribution < 1.29 is 0 Å². The third-order valence-corrected chi connectivity index (χ3v) is 3.17. The Hall–Kier alpha value is -1.48. The third-order valence-electron chi connectivity index (χ3n) is 2.85. The summed E-state index contributed by atoms with van der Waals surface area (Å²) in [5.74, 6) is 0. The second kappa shape index (κ2) is 4.80. The predicted octanol–water partition coefficient (Wildman–Crippen LogP) is 3.23. The molecule has 4 heteroatoms. The summed E-state index contributed by atoms with van der Waals surface area (Å²) in [6.07, 6.45) is 1.67. The summed E-state index contributed by atoms with van der Waals surface area (Å²) in [7, 11) is 0. The number of halogens is 1. The molecule has 0 spiro atoms. The van der Waals surface area contributed by atoms with Gasteiger partial charge in [0.25, 0.3) is 0 Å². The van der Waals surface area contributed by atoms with Crippen LogP contribution in [0, 0.1) is 0 Å². The molecule has 0 aliphatic heterocycles. The van der Waals surface area contributed by atoms with Crippen LogP contribution >= 0.6 is 11.6 Å². The molecule has 0 saturated heterocycles. The summed E-state index contributed by atoms with van der Waals surface area (Å²) in [4.78, 5) is 0. The van der Waals surface area contributed by atoms with Crippen LogP contribution in [0.15, 0.2) is 24.3 Å². The molecular formula is C13H16ClN3. The van der Waals surface area contributed by atoms with Crippen LogP contribution in [-0.4, -0.2) is 9.78 Å². The van der Waals surface area contributed by atoms with Gasteiger partial charge in [0, 0.05) is 0 Å². The van der Waals surface area contributed by atoms with E-state index in [0.29, 0.717) is 5.02 Å². The highest BCUT2D eigenvalue weighted by Crippen LogP contribution is 2.26. The standard InChI is InChI=1S/C13H16ClN3/c1-3-10-13(15)11(4-2)17(16-10)12-8-6-5-7-9(12)14/h5-8H,3-4,15H2,1-2H3. The van der Waals surface area contributed by atoms with E-state index in [0.717, 1.165) is 35.6 Å². The van der Waals surface area contributed by atoms with Crippen molar-refractivity contribution in [3.05, 3.63) is 40.7 Å². The average Bonchev–Trinajstić information content (AvgIpc) is 2.66. The summed E-state index contributed by atoms with van der Waals surface area (Å²) < 4.78 is 1.86. The van der Waals surface area contributed by atoms with Gasteiger partial charge in [0.1, 0.15) is 0 Å². The lowest BCUT2D eigenvalue weighted by atomic mass is 10.2. The molecule has 2 aromatic rings.